The molecule has 0 bridgehead atoms. The molecular formula is C7H14O7. The van der Waals surface area contributed by atoms with Crippen LogP contribution in [-0.4, -0.2) is 74.1 Å². The van der Waals surface area contributed by atoms with Crippen LogP contribution in [0.5, 0.6) is 0 Å². The maximum absolute atomic E-state index is 9.31. The highest BCUT2D eigenvalue weighted by molar-refractivity contribution is 4.91. The minimum absolute atomic E-state index is 0.683. The predicted molar refractivity (Wildman–Crippen MR) is 42.0 cm³/mol. The highest BCUT2D eigenvalue weighted by Gasteiger charge is 2.45. The molecule has 1 rings (SSSR count). The van der Waals surface area contributed by atoms with Gasteiger partial charge in [0.05, 0.1) is 6.61 Å². The Morgan fingerprint density at radius 2 is 1.57 bits per heavy atom. The van der Waals surface area contributed by atoms with Gasteiger partial charge in [-0.1, -0.05) is 0 Å². The molecule has 1 fully saturated rings. The first-order valence-electron chi connectivity index (χ1n) is 4.15. The minimum Gasteiger partial charge on any atom is -0.394 e. The van der Waals surface area contributed by atoms with E-state index in [4.69, 9.17) is 20.4 Å². The summed E-state index contributed by atoms with van der Waals surface area (Å²) in [5.41, 5.74) is 0. The van der Waals surface area contributed by atoms with Gasteiger partial charge in [-0.05, 0) is 0 Å². The second kappa shape index (κ2) is 4.49. The van der Waals surface area contributed by atoms with Gasteiger partial charge in [0.2, 0.25) is 0 Å². The van der Waals surface area contributed by atoms with Gasteiger partial charge in [0, 0.05) is 0 Å². The van der Waals surface area contributed by atoms with Crippen LogP contribution in [0.4, 0.5) is 0 Å². The molecule has 0 amide bonds. The molecule has 0 aliphatic carbocycles. The van der Waals surface area contributed by atoms with E-state index in [9.17, 15) is 10.2 Å². The standard InChI is InChI=1S/C7H14O7/c8-1-2(9)6-4(11)3(10)5(12)7(13)14-6/h2-13H,1H2/t2-,3-,4+,5+,6+,7?/m0/s1. The molecule has 0 aromatic carbocycles. The Hall–Kier alpha value is -0.280. The molecule has 1 aliphatic rings. The molecular weight excluding hydrogens is 196 g/mol. The van der Waals surface area contributed by atoms with Gasteiger partial charge in [0.25, 0.3) is 0 Å². The number of hydrogen-bond acceptors (Lipinski definition) is 7. The summed E-state index contributed by atoms with van der Waals surface area (Å²) in [5.74, 6) is 0. The zero-order valence-corrected chi connectivity index (χ0v) is 7.26. The first kappa shape index (κ1) is 11.8. The van der Waals surface area contributed by atoms with Crippen molar-refractivity contribution in [3.8, 4) is 0 Å². The van der Waals surface area contributed by atoms with Gasteiger partial charge in [-0.3, -0.25) is 0 Å². The van der Waals surface area contributed by atoms with Crippen molar-refractivity contribution in [2.24, 2.45) is 0 Å². The van der Waals surface area contributed by atoms with E-state index in [1.54, 1.807) is 0 Å². The lowest BCUT2D eigenvalue weighted by molar-refractivity contribution is -0.298. The Morgan fingerprint density at radius 3 is 2.07 bits per heavy atom. The third-order valence-corrected chi connectivity index (χ3v) is 2.19. The van der Waals surface area contributed by atoms with Crippen molar-refractivity contribution in [2.75, 3.05) is 6.61 Å². The van der Waals surface area contributed by atoms with Crippen LogP contribution < -0.4 is 0 Å². The van der Waals surface area contributed by atoms with Gasteiger partial charge in [-0.2, -0.15) is 0 Å². The summed E-state index contributed by atoms with van der Waals surface area (Å²) in [6, 6.07) is 0. The van der Waals surface area contributed by atoms with Crippen LogP contribution in [0.3, 0.4) is 0 Å². The third-order valence-electron chi connectivity index (χ3n) is 2.19. The highest BCUT2D eigenvalue weighted by atomic mass is 16.6. The zero-order valence-electron chi connectivity index (χ0n) is 7.26. The molecule has 7 heteroatoms. The molecule has 1 saturated heterocycles. The van der Waals surface area contributed by atoms with Crippen LogP contribution in [0.2, 0.25) is 0 Å². The molecule has 1 aliphatic heterocycles. The van der Waals surface area contributed by atoms with Gasteiger partial charge in [-0.25, -0.2) is 0 Å². The largest absolute Gasteiger partial charge is 0.394 e. The number of aliphatic hydroxyl groups excluding tert-OH is 6. The van der Waals surface area contributed by atoms with Crippen molar-refractivity contribution >= 4 is 0 Å². The zero-order chi connectivity index (χ0) is 10.9. The summed E-state index contributed by atoms with van der Waals surface area (Å²) in [6.07, 6.45) is -9.26. The van der Waals surface area contributed by atoms with E-state index in [-0.39, 0.29) is 0 Å². The van der Waals surface area contributed by atoms with Gasteiger partial charge < -0.3 is 35.4 Å². The smallest absolute Gasteiger partial charge is 0.184 e. The molecule has 0 aromatic rings. The van der Waals surface area contributed by atoms with E-state index < -0.39 is 43.4 Å². The average molecular weight is 210 g/mol. The lowest BCUT2D eigenvalue weighted by atomic mass is 9.96. The van der Waals surface area contributed by atoms with Crippen LogP contribution >= 0.6 is 0 Å². The van der Waals surface area contributed by atoms with E-state index in [1.807, 2.05) is 0 Å². The van der Waals surface area contributed by atoms with Crippen molar-refractivity contribution in [3.05, 3.63) is 0 Å². The SMILES string of the molecule is OC[C@H](O)[C@H]1OC(O)[C@H](O)[C@@H](O)[C@H]1O. The Kier molecular flexibility index (Phi) is 3.78. The quantitative estimate of drug-likeness (QED) is 0.275. The molecule has 1 heterocycles. The molecule has 1 unspecified atom stereocenters. The highest BCUT2D eigenvalue weighted by Crippen LogP contribution is 2.21. The second-order valence-electron chi connectivity index (χ2n) is 3.21. The number of rotatable bonds is 2. The van der Waals surface area contributed by atoms with Crippen LogP contribution in [0, 0.1) is 0 Å². The van der Waals surface area contributed by atoms with Crippen molar-refractivity contribution in [1.82, 2.24) is 0 Å². The summed E-state index contributed by atoms with van der Waals surface area (Å²) in [5, 5.41) is 54.3. The molecule has 84 valence electrons. The molecule has 0 saturated carbocycles. The Bertz CT molecular complexity index is 187. The van der Waals surface area contributed by atoms with Gasteiger partial charge >= 0.3 is 0 Å². The lowest BCUT2D eigenvalue weighted by Crippen LogP contribution is -2.61. The summed E-state index contributed by atoms with van der Waals surface area (Å²) < 4.78 is 4.62. The number of aliphatic hydroxyl groups is 6. The van der Waals surface area contributed by atoms with Crippen molar-refractivity contribution in [2.45, 2.75) is 36.8 Å². The van der Waals surface area contributed by atoms with Gasteiger partial charge in [0.15, 0.2) is 6.29 Å². The average Bonchev–Trinajstić information content (AvgIpc) is 2.19. The fraction of sp³-hybridized carbons (Fsp3) is 1.00. The Labute approximate surface area is 79.8 Å². The topological polar surface area (TPSA) is 131 Å². The maximum atomic E-state index is 9.31. The summed E-state index contributed by atoms with van der Waals surface area (Å²) >= 11 is 0. The van der Waals surface area contributed by atoms with E-state index in [2.05, 4.69) is 4.74 Å². The predicted octanol–water partition coefficient (Wildman–Crippen LogP) is -3.86. The first-order chi connectivity index (χ1) is 6.49. The molecule has 14 heavy (non-hydrogen) atoms. The molecule has 0 aromatic heterocycles. The van der Waals surface area contributed by atoms with E-state index in [1.165, 1.54) is 0 Å². The second-order valence-corrected chi connectivity index (χ2v) is 3.21. The van der Waals surface area contributed by atoms with E-state index >= 15 is 0 Å². The molecule has 0 radical (unpaired) electrons. The first-order valence-corrected chi connectivity index (χ1v) is 4.15. The van der Waals surface area contributed by atoms with Crippen LogP contribution in [0.25, 0.3) is 0 Å². The summed E-state index contributed by atoms with van der Waals surface area (Å²) in [6.45, 7) is -0.683. The van der Waals surface area contributed by atoms with E-state index in [0.717, 1.165) is 0 Å². The van der Waals surface area contributed by atoms with Crippen LogP contribution in [0.15, 0.2) is 0 Å². The Morgan fingerprint density at radius 1 is 1.00 bits per heavy atom. The van der Waals surface area contributed by atoms with Crippen molar-refractivity contribution in [1.29, 1.82) is 0 Å². The molecule has 6 N–H and O–H groups in total. The third kappa shape index (κ3) is 2.04. The summed E-state index contributed by atoms with van der Waals surface area (Å²) in [4.78, 5) is 0. The van der Waals surface area contributed by atoms with Crippen molar-refractivity contribution < 1.29 is 35.4 Å². The Balaban J connectivity index is 2.70. The molecule has 0 spiro atoms. The fourth-order valence-corrected chi connectivity index (χ4v) is 1.31. The van der Waals surface area contributed by atoms with Crippen LogP contribution in [-0.2, 0) is 4.74 Å². The maximum Gasteiger partial charge on any atom is 0.184 e. The summed E-state index contributed by atoms with van der Waals surface area (Å²) in [7, 11) is 0. The number of hydrogen-bond donors (Lipinski definition) is 6. The van der Waals surface area contributed by atoms with Crippen LogP contribution in [0.1, 0.15) is 0 Å². The molecule has 7 nitrogen and oxygen atoms in total. The normalized spacial score (nSPS) is 46.3. The van der Waals surface area contributed by atoms with E-state index in [0.29, 0.717) is 0 Å². The van der Waals surface area contributed by atoms with Gasteiger partial charge in [-0.15, -0.1) is 0 Å². The van der Waals surface area contributed by atoms with Gasteiger partial charge in [0.1, 0.15) is 30.5 Å². The fourth-order valence-electron chi connectivity index (χ4n) is 1.31. The monoisotopic (exact) mass is 210 g/mol. The minimum atomic E-state index is -1.69. The lowest BCUT2D eigenvalue weighted by Gasteiger charge is -2.39. The molecule has 6 atom stereocenters. The number of ether oxygens (including phenoxy) is 1. The van der Waals surface area contributed by atoms with Crippen molar-refractivity contribution in [3.63, 3.8) is 0 Å².